The van der Waals surface area contributed by atoms with Crippen LogP contribution in [0.5, 0.6) is 0 Å². The molecule has 0 aliphatic carbocycles. The minimum absolute atomic E-state index is 0.0664. The molecule has 0 radical (unpaired) electrons. The number of rotatable bonds is 6. The van der Waals surface area contributed by atoms with Gasteiger partial charge >= 0.3 is 0 Å². The zero-order chi connectivity index (χ0) is 18.7. The smallest absolute Gasteiger partial charge is 0.254 e. The largest absolute Gasteiger partial charge is 0.342 e. The van der Waals surface area contributed by atoms with Gasteiger partial charge in [-0.1, -0.05) is 27.7 Å². The van der Waals surface area contributed by atoms with Crippen LogP contribution in [-0.4, -0.2) is 47.8 Å². The van der Waals surface area contributed by atoms with E-state index in [0.29, 0.717) is 38.0 Å². The van der Waals surface area contributed by atoms with Gasteiger partial charge in [-0.3, -0.25) is 9.59 Å². The molecule has 1 aliphatic heterocycles. The van der Waals surface area contributed by atoms with Gasteiger partial charge in [-0.2, -0.15) is 0 Å². The standard InChI is InChI=1S/C19H26F2N2O2/c1-12(2)8-22(9-13(3)4)19(25)15-10-23(11-15)18(24)14-5-6-16(20)17(21)7-14/h5-7,12-13,15H,8-11H2,1-4H3. The fourth-order valence-electron chi connectivity index (χ4n) is 3.01. The lowest BCUT2D eigenvalue weighted by atomic mass is 9.96. The molecule has 25 heavy (non-hydrogen) atoms. The molecule has 0 N–H and O–H groups in total. The van der Waals surface area contributed by atoms with Gasteiger partial charge in [0.2, 0.25) is 5.91 Å². The summed E-state index contributed by atoms with van der Waals surface area (Å²) in [6, 6.07) is 3.11. The van der Waals surface area contributed by atoms with Gasteiger partial charge in [0.25, 0.3) is 5.91 Å². The fraction of sp³-hybridized carbons (Fsp3) is 0.579. The zero-order valence-corrected chi connectivity index (χ0v) is 15.3. The first-order valence-corrected chi connectivity index (χ1v) is 8.72. The van der Waals surface area contributed by atoms with Crippen LogP contribution in [0, 0.1) is 29.4 Å². The minimum atomic E-state index is -1.04. The Morgan fingerprint density at radius 2 is 1.64 bits per heavy atom. The summed E-state index contributed by atoms with van der Waals surface area (Å²) in [5.41, 5.74) is 0.103. The number of carbonyl (C=O) groups is 2. The lowest BCUT2D eigenvalue weighted by Crippen LogP contribution is -2.57. The molecule has 0 saturated carbocycles. The molecule has 0 aromatic heterocycles. The van der Waals surface area contributed by atoms with Gasteiger partial charge in [-0.25, -0.2) is 8.78 Å². The van der Waals surface area contributed by atoms with Crippen molar-refractivity contribution in [3.05, 3.63) is 35.4 Å². The Kier molecular flexibility index (Phi) is 6.14. The highest BCUT2D eigenvalue weighted by atomic mass is 19.2. The Morgan fingerprint density at radius 1 is 1.08 bits per heavy atom. The number of hydrogen-bond donors (Lipinski definition) is 0. The van der Waals surface area contributed by atoms with E-state index < -0.39 is 11.6 Å². The number of benzene rings is 1. The number of amides is 2. The van der Waals surface area contributed by atoms with Crippen LogP contribution in [0.25, 0.3) is 0 Å². The topological polar surface area (TPSA) is 40.6 Å². The van der Waals surface area contributed by atoms with E-state index in [1.807, 2.05) is 4.90 Å². The summed E-state index contributed by atoms with van der Waals surface area (Å²) >= 11 is 0. The zero-order valence-electron chi connectivity index (χ0n) is 15.3. The second-order valence-electron chi connectivity index (χ2n) is 7.57. The molecule has 0 unspecified atom stereocenters. The van der Waals surface area contributed by atoms with Crippen LogP contribution < -0.4 is 0 Å². The maximum absolute atomic E-state index is 13.3. The minimum Gasteiger partial charge on any atom is -0.342 e. The Balaban J connectivity index is 1.96. The molecule has 2 amide bonds. The van der Waals surface area contributed by atoms with Crippen molar-refractivity contribution in [3.63, 3.8) is 0 Å². The molecule has 1 saturated heterocycles. The molecule has 1 heterocycles. The highest BCUT2D eigenvalue weighted by molar-refractivity contribution is 5.96. The lowest BCUT2D eigenvalue weighted by molar-refractivity contribution is -0.141. The van der Waals surface area contributed by atoms with E-state index in [2.05, 4.69) is 27.7 Å². The van der Waals surface area contributed by atoms with E-state index in [4.69, 9.17) is 0 Å². The van der Waals surface area contributed by atoms with Gasteiger partial charge in [0.1, 0.15) is 0 Å². The normalized spacial score (nSPS) is 14.8. The van der Waals surface area contributed by atoms with E-state index in [1.165, 1.54) is 11.0 Å². The quantitative estimate of drug-likeness (QED) is 0.789. The van der Waals surface area contributed by atoms with Crippen molar-refractivity contribution in [1.82, 2.24) is 9.80 Å². The second kappa shape index (κ2) is 7.93. The SMILES string of the molecule is CC(C)CN(CC(C)C)C(=O)C1CN(C(=O)c2ccc(F)c(F)c2)C1. The summed E-state index contributed by atoms with van der Waals surface area (Å²) in [6.45, 7) is 10.3. The maximum atomic E-state index is 13.3. The molecule has 4 nitrogen and oxygen atoms in total. The summed E-state index contributed by atoms with van der Waals surface area (Å²) in [4.78, 5) is 28.3. The van der Waals surface area contributed by atoms with Crippen LogP contribution in [0.15, 0.2) is 18.2 Å². The fourth-order valence-corrected chi connectivity index (χ4v) is 3.01. The van der Waals surface area contributed by atoms with Crippen molar-refractivity contribution in [2.45, 2.75) is 27.7 Å². The third-order valence-corrected chi connectivity index (χ3v) is 4.17. The second-order valence-corrected chi connectivity index (χ2v) is 7.57. The highest BCUT2D eigenvalue weighted by Gasteiger charge is 2.38. The van der Waals surface area contributed by atoms with Gasteiger partial charge < -0.3 is 9.80 Å². The summed E-state index contributed by atoms with van der Waals surface area (Å²) < 4.78 is 26.2. The Morgan fingerprint density at radius 3 is 2.12 bits per heavy atom. The van der Waals surface area contributed by atoms with Crippen molar-refractivity contribution in [3.8, 4) is 0 Å². The molecule has 0 bridgehead atoms. The Labute approximate surface area is 147 Å². The van der Waals surface area contributed by atoms with Crippen molar-refractivity contribution in [2.75, 3.05) is 26.2 Å². The predicted octanol–water partition coefficient (Wildman–Crippen LogP) is 3.18. The van der Waals surface area contributed by atoms with Crippen LogP contribution in [0.4, 0.5) is 8.78 Å². The summed E-state index contributed by atoms with van der Waals surface area (Å²) in [6.07, 6.45) is 0. The van der Waals surface area contributed by atoms with Gasteiger partial charge in [-0.15, -0.1) is 0 Å². The lowest BCUT2D eigenvalue weighted by Gasteiger charge is -2.41. The molecule has 1 aromatic carbocycles. The number of halogens is 2. The number of carbonyl (C=O) groups excluding carboxylic acids is 2. The Bertz CT molecular complexity index is 630. The number of likely N-dealkylation sites (tertiary alicyclic amines) is 1. The summed E-state index contributed by atoms with van der Waals surface area (Å²) in [5.74, 6) is -1.79. The first-order valence-electron chi connectivity index (χ1n) is 8.72. The van der Waals surface area contributed by atoms with Crippen LogP contribution >= 0.6 is 0 Å². The molecule has 138 valence electrons. The molecular formula is C19H26F2N2O2. The first-order chi connectivity index (χ1) is 11.7. The van der Waals surface area contributed by atoms with Crippen molar-refractivity contribution in [2.24, 2.45) is 17.8 Å². The Hall–Kier alpha value is -1.98. The predicted molar refractivity (Wildman–Crippen MR) is 92.0 cm³/mol. The molecule has 2 rings (SSSR count). The van der Waals surface area contributed by atoms with Crippen LogP contribution in [0.1, 0.15) is 38.1 Å². The van der Waals surface area contributed by atoms with Crippen molar-refractivity contribution >= 4 is 11.8 Å². The molecule has 6 heteroatoms. The third kappa shape index (κ3) is 4.77. The summed E-state index contributed by atoms with van der Waals surface area (Å²) in [5, 5.41) is 0. The van der Waals surface area contributed by atoms with E-state index in [9.17, 15) is 18.4 Å². The van der Waals surface area contributed by atoms with Gasteiger partial charge in [-0.05, 0) is 30.0 Å². The van der Waals surface area contributed by atoms with Crippen LogP contribution in [-0.2, 0) is 4.79 Å². The molecule has 0 atom stereocenters. The highest BCUT2D eigenvalue weighted by Crippen LogP contribution is 2.22. The van der Waals surface area contributed by atoms with Gasteiger partial charge in [0.15, 0.2) is 11.6 Å². The van der Waals surface area contributed by atoms with Gasteiger partial charge in [0.05, 0.1) is 5.92 Å². The number of hydrogen-bond acceptors (Lipinski definition) is 2. The van der Waals surface area contributed by atoms with Crippen molar-refractivity contribution in [1.29, 1.82) is 0 Å². The first kappa shape index (κ1) is 19.3. The summed E-state index contributed by atoms with van der Waals surface area (Å²) in [7, 11) is 0. The van der Waals surface area contributed by atoms with Crippen LogP contribution in [0.3, 0.4) is 0 Å². The average molecular weight is 352 g/mol. The molecule has 1 aliphatic rings. The van der Waals surface area contributed by atoms with E-state index in [1.54, 1.807) is 0 Å². The van der Waals surface area contributed by atoms with Gasteiger partial charge in [0, 0.05) is 31.7 Å². The van der Waals surface area contributed by atoms with Crippen molar-refractivity contribution < 1.29 is 18.4 Å². The molecule has 1 aromatic rings. The molecule has 0 spiro atoms. The molecular weight excluding hydrogens is 326 g/mol. The monoisotopic (exact) mass is 352 g/mol. The average Bonchev–Trinajstić information content (AvgIpc) is 2.46. The van der Waals surface area contributed by atoms with E-state index in [-0.39, 0.29) is 23.3 Å². The van der Waals surface area contributed by atoms with Crippen LogP contribution in [0.2, 0.25) is 0 Å². The number of nitrogens with zero attached hydrogens (tertiary/aromatic N) is 2. The maximum Gasteiger partial charge on any atom is 0.254 e. The molecule has 1 fully saturated rings. The van der Waals surface area contributed by atoms with E-state index in [0.717, 1.165) is 12.1 Å². The van der Waals surface area contributed by atoms with E-state index >= 15 is 0 Å². The third-order valence-electron chi connectivity index (χ3n) is 4.17.